The van der Waals surface area contributed by atoms with Gasteiger partial charge < -0.3 is 20.7 Å². The summed E-state index contributed by atoms with van der Waals surface area (Å²) in [6.45, 7) is 2.58. The van der Waals surface area contributed by atoms with Crippen molar-refractivity contribution < 1.29 is 14.3 Å². The van der Waals surface area contributed by atoms with Crippen LogP contribution in [0.15, 0.2) is 0 Å². The average molecular weight is 245 g/mol. The van der Waals surface area contributed by atoms with Crippen LogP contribution in [-0.2, 0) is 14.3 Å². The Morgan fingerprint density at radius 2 is 2.06 bits per heavy atom. The summed E-state index contributed by atoms with van der Waals surface area (Å²) in [7, 11) is 4.79. The summed E-state index contributed by atoms with van der Waals surface area (Å²) in [4.78, 5) is 24.6. The predicted octanol–water partition coefficient (Wildman–Crippen LogP) is -0.809. The maximum atomic E-state index is 11.8. The molecule has 0 spiro atoms. The van der Waals surface area contributed by atoms with Crippen LogP contribution in [0, 0.1) is 5.92 Å². The number of hydrogen-bond donors (Lipinski definition) is 2. The van der Waals surface area contributed by atoms with Gasteiger partial charge in [-0.25, -0.2) is 0 Å². The van der Waals surface area contributed by atoms with E-state index in [1.807, 2.05) is 0 Å². The van der Waals surface area contributed by atoms with Crippen molar-refractivity contribution in [2.24, 2.45) is 11.7 Å². The van der Waals surface area contributed by atoms with Crippen molar-refractivity contribution in [3.8, 4) is 0 Å². The number of nitrogens with zero attached hydrogens (tertiary/aromatic N) is 1. The highest BCUT2D eigenvalue weighted by atomic mass is 16.5. The van der Waals surface area contributed by atoms with Crippen LogP contribution < -0.4 is 11.1 Å². The van der Waals surface area contributed by atoms with Crippen LogP contribution in [-0.4, -0.2) is 57.1 Å². The second-order valence-corrected chi connectivity index (χ2v) is 4.12. The molecule has 2 amide bonds. The molecule has 0 aliphatic carbocycles. The SMILES string of the molecule is CNC(=O)C(C)CN(C)C(=O)C(N)CCOC. The van der Waals surface area contributed by atoms with Crippen molar-refractivity contribution in [1.29, 1.82) is 0 Å². The van der Waals surface area contributed by atoms with E-state index in [0.29, 0.717) is 19.6 Å². The first-order valence-electron chi connectivity index (χ1n) is 5.65. The minimum Gasteiger partial charge on any atom is -0.385 e. The maximum absolute atomic E-state index is 11.8. The first-order chi connectivity index (χ1) is 7.93. The molecule has 3 N–H and O–H groups in total. The number of nitrogens with one attached hydrogen (secondary N) is 1. The Kier molecular flexibility index (Phi) is 7.49. The lowest BCUT2D eigenvalue weighted by atomic mass is 10.1. The number of carbonyl (C=O) groups is 2. The van der Waals surface area contributed by atoms with Gasteiger partial charge in [-0.2, -0.15) is 0 Å². The van der Waals surface area contributed by atoms with Gasteiger partial charge in [-0.05, 0) is 6.42 Å². The van der Waals surface area contributed by atoms with E-state index in [0.717, 1.165) is 0 Å². The van der Waals surface area contributed by atoms with Crippen molar-refractivity contribution in [1.82, 2.24) is 10.2 Å². The third-order valence-corrected chi connectivity index (χ3v) is 2.57. The van der Waals surface area contributed by atoms with Crippen molar-refractivity contribution in [3.05, 3.63) is 0 Å². The minimum atomic E-state index is -0.572. The quantitative estimate of drug-likeness (QED) is 0.614. The van der Waals surface area contributed by atoms with Gasteiger partial charge in [0, 0.05) is 34.4 Å². The number of methoxy groups -OCH3 is 1. The van der Waals surface area contributed by atoms with E-state index in [-0.39, 0.29) is 17.7 Å². The predicted molar refractivity (Wildman–Crippen MR) is 65.3 cm³/mol. The summed E-state index contributed by atoms with van der Waals surface area (Å²) < 4.78 is 4.86. The van der Waals surface area contributed by atoms with Crippen LogP contribution >= 0.6 is 0 Å². The summed E-state index contributed by atoms with van der Waals surface area (Å²) in [5.41, 5.74) is 5.72. The highest BCUT2D eigenvalue weighted by molar-refractivity contribution is 5.83. The van der Waals surface area contributed by atoms with Crippen molar-refractivity contribution in [3.63, 3.8) is 0 Å². The van der Waals surface area contributed by atoms with Crippen molar-refractivity contribution in [2.75, 3.05) is 34.4 Å². The number of rotatable bonds is 7. The first-order valence-corrected chi connectivity index (χ1v) is 5.65. The van der Waals surface area contributed by atoms with Gasteiger partial charge in [-0.15, -0.1) is 0 Å². The molecule has 6 nitrogen and oxygen atoms in total. The molecule has 0 aromatic heterocycles. The van der Waals surface area contributed by atoms with Gasteiger partial charge >= 0.3 is 0 Å². The first kappa shape index (κ1) is 15.9. The van der Waals surface area contributed by atoms with Gasteiger partial charge in [-0.3, -0.25) is 9.59 Å². The molecule has 6 heteroatoms. The van der Waals surface area contributed by atoms with Crippen molar-refractivity contribution >= 4 is 11.8 Å². The fraction of sp³-hybridized carbons (Fsp3) is 0.818. The molecule has 0 bridgehead atoms. The summed E-state index contributed by atoms with van der Waals surface area (Å²) in [5, 5.41) is 2.54. The van der Waals surface area contributed by atoms with E-state index >= 15 is 0 Å². The molecule has 2 atom stereocenters. The standard InChI is InChI=1S/C11H23N3O3/c1-8(10(15)13-2)7-14(3)11(16)9(12)5-6-17-4/h8-9H,5-7,12H2,1-4H3,(H,13,15). The van der Waals surface area contributed by atoms with Crippen LogP contribution in [0.2, 0.25) is 0 Å². The van der Waals surface area contributed by atoms with E-state index in [2.05, 4.69) is 5.32 Å². The van der Waals surface area contributed by atoms with Gasteiger partial charge in [-0.1, -0.05) is 6.92 Å². The lowest BCUT2D eigenvalue weighted by Crippen LogP contribution is -2.45. The largest absolute Gasteiger partial charge is 0.385 e. The summed E-state index contributed by atoms with van der Waals surface area (Å²) in [5.74, 6) is -0.503. The van der Waals surface area contributed by atoms with Crippen LogP contribution in [0.5, 0.6) is 0 Å². The summed E-state index contributed by atoms with van der Waals surface area (Å²) in [6, 6.07) is -0.572. The van der Waals surface area contributed by atoms with E-state index in [1.54, 1.807) is 28.1 Å². The molecule has 17 heavy (non-hydrogen) atoms. The molecule has 100 valence electrons. The van der Waals surface area contributed by atoms with Crippen LogP contribution in [0.3, 0.4) is 0 Å². The fourth-order valence-corrected chi connectivity index (χ4v) is 1.48. The zero-order chi connectivity index (χ0) is 13.4. The number of likely N-dealkylation sites (N-methyl/N-ethyl adjacent to an activating group) is 1. The molecule has 0 heterocycles. The Morgan fingerprint density at radius 1 is 1.47 bits per heavy atom. The molecule has 0 aromatic rings. The zero-order valence-corrected chi connectivity index (χ0v) is 11.0. The summed E-state index contributed by atoms with van der Waals surface area (Å²) in [6.07, 6.45) is 0.480. The normalized spacial score (nSPS) is 13.9. The van der Waals surface area contributed by atoms with E-state index in [9.17, 15) is 9.59 Å². The van der Waals surface area contributed by atoms with Gasteiger partial charge in [0.05, 0.1) is 12.0 Å². The molecule has 0 aliphatic rings. The number of hydrogen-bond acceptors (Lipinski definition) is 4. The van der Waals surface area contributed by atoms with Gasteiger partial charge in [0.15, 0.2) is 0 Å². The molecule has 0 saturated heterocycles. The molecule has 0 aliphatic heterocycles. The number of ether oxygens (including phenoxy) is 1. The van der Waals surface area contributed by atoms with Crippen LogP contribution in [0.4, 0.5) is 0 Å². The van der Waals surface area contributed by atoms with Gasteiger partial charge in [0.2, 0.25) is 11.8 Å². The molecule has 0 fully saturated rings. The smallest absolute Gasteiger partial charge is 0.239 e. The zero-order valence-electron chi connectivity index (χ0n) is 11.0. The fourth-order valence-electron chi connectivity index (χ4n) is 1.48. The molecule has 2 unspecified atom stereocenters. The Hall–Kier alpha value is -1.14. The third-order valence-electron chi connectivity index (χ3n) is 2.57. The maximum Gasteiger partial charge on any atom is 0.239 e. The molecule has 0 rings (SSSR count). The number of carbonyl (C=O) groups excluding carboxylic acids is 2. The number of amides is 2. The lowest BCUT2D eigenvalue weighted by molar-refractivity contribution is -0.133. The van der Waals surface area contributed by atoms with E-state index < -0.39 is 6.04 Å². The van der Waals surface area contributed by atoms with Gasteiger partial charge in [0.25, 0.3) is 0 Å². The topological polar surface area (TPSA) is 84.7 Å². The Labute approximate surface area is 102 Å². The molecular weight excluding hydrogens is 222 g/mol. The Morgan fingerprint density at radius 3 is 2.53 bits per heavy atom. The molecule has 0 aromatic carbocycles. The van der Waals surface area contributed by atoms with Crippen molar-refractivity contribution in [2.45, 2.75) is 19.4 Å². The van der Waals surface area contributed by atoms with Crippen LogP contribution in [0.25, 0.3) is 0 Å². The minimum absolute atomic E-state index is 0.0879. The average Bonchev–Trinajstić information content (AvgIpc) is 2.33. The van der Waals surface area contributed by atoms with E-state index in [1.165, 1.54) is 4.90 Å². The third kappa shape index (κ3) is 5.65. The Bertz CT molecular complexity index is 258. The molecular formula is C11H23N3O3. The van der Waals surface area contributed by atoms with E-state index in [4.69, 9.17) is 10.5 Å². The monoisotopic (exact) mass is 245 g/mol. The summed E-state index contributed by atoms with van der Waals surface area (Å²) >= 11 is 0. The second-order valence-electron chi connectivity index (χ2n) is 4.12. The van der Waals surface area contributed by atoms with Crippen LogP contribution in [0.1, 0.15) is 13.3 Å². The molecule has 0 radical (unpaired) electrons. The second kappa shape index (κ2) is 8.03. The lowest BCUT2D eigenvalue weighted by Gasteiger charge is -2.23. The Balaban J connectivity index is 4.16. The highest BCUT2D eigenvalue weighted by Crippen LogP contribution is 2.01. The highest BCUT2D eigenvalue weighted by Gasteiger charge is 2.21. The number of nitrogens with two attached hydrogens (primary N) is 1. The van der Waals surface area contributed by atoms with Gasteiger partial charge in [0.1, 0.15) is 0 Å². The molecule has 0 saturated carbocycles.